The van der Waals surface area contributed by atoms with Crippen molar-refractivity contribution in [2.75, 3.05) is 0 Å². The summed E-state index contributed by atoms with van der Waals surface area (Å²) in [7, 11) is 1.56. The number of nitrogens with zero attached hydrogens (tertiary/aromatic N) is 3. The molecule has 96 valence electrons. The Bertz CT molecular complexity index is 506. The van der Waals surface area contributed by atoms with Crippen LogP contribution < -0.4 is 0 Å². The maximum atomic E-state index is 11.4. The fourth-order valence-electron chi connectivity index (χ4n) is 1.99. The Morgan fingerprint density at radius 1 is 1.41 bits per heavy atom. The van der Waals surface area contributed by atoms with Crippen molar-refractivity contribution in [3.05, 3.63) is 5.82 Å². The molecule has 17 heavy (non-hydrogen) atoms. The molecular formula is C10H16ClN3O2S. The normalized spacial score (nSPS) is 17.4. The van der Waals surface area contributed by atoms with E-state index in [1.807, 2.05) is 13.8 Å². The average Bonchev–Trinajstić information content (AvgIpc) is 2.44. The topological polar surface area (TPSA) is 64.8 Å². The molecule has 1 saturated carbocycles. The van der Waals surface area contributed by atoms with E-state index in [9.17, 15) is 8.42 Å². The van der Waals surface area contributed by atoms with E-state index in [0.717, 1.165) is 18.7 Å². The van der Waals surface area contributed by atoms with Crippen molar-refractivity contribution < 1.29 is 8.42 Å². The average molecular weight is 278 g/mol. The second-order valence-corrected chi connectivity index (χ2v) is 7.37. The predicted octanol–water partition coefficient (Wildman–Crippen LogP) is 2.13. The van der Waals surface area contributed by atoms with E-state index in [-0.39, 0.29) is 5.16 Å². The monoisotopic (exact) mass is 277 g/mol. The highest BCUT2D eigenvalue weighted by Crippen LogP contribution is 2.36. The van der Waals surface area contributed by atoms with Crippen molar-refractivity contribution in [1.29, 1.82) is 0 Å². The smallest absolute Gasteiger partial charge is 0.296 e. The van der Waals surface area contributed by atoms with Crippen molar-refractivity contribution >= 4 is 19.7 Å². The summed E-state index contributed by atoms with van der Waals surface area (Å²) in [6.07, 6.45) is 3.28. The molecule has 1 fully saturated rings. The molecule has 1 aromatic rings. The zero-order valence-electron chi connectivity index (χ0n) is 9.93. The maximum Gasteiger partial charge on any atom is 0.296 e. The summed E-state index contributed by atoms with van der Waals surface area (Å²) in [5.74, 6) is 1.43. The molecule has 0 atom stereocenters. The Hall–Kier alpha value is -0.620. The molecule has 1 aliphatic rings. The highest BCUT2D eigenvalue weighted by Gasteiger charge is 2.30. The minimum atomic E-state index is -3.81. The fourth-order valence-corrected chi connectivity index (χ4v) is 2.90. The first-order valence-electron chi connectivity index (χ1n) is 5.77. The third-order valence-corrected chi connectivity index (χ3v) is 4.13. The van der Waals surface area contributed by atoms with Gasteiger partial charge in [-0.25, -0.2) is 8.42 Å². The first-order chi connectivity index (χ1) is 7.89. The summed E-state index contributed by atoms with van der Waals surface area (Å²) >= 11 is 0. The standard InChI is InChI=1S/C10H16ClN3O2S/c1-7(2)6-14-9(8-4-3-5-8)12-13-10(14)17(11,15)16/h7-8H,3-6H2,1-2H3. The lowest BCUT2D eigenvalue weighted by Gasteiger charge is -2.25. The van der Waals surface area contributed by atoms with Gasteiger partial charge in [-0.1, -0.05) is 20.3 Å². The molecule has 0 bridgehead atoms. The Kier molecular flexibility index (Phi) is 3.45. The summed E-state index contributed by atoms with van der Waals surface area (Å²) < 4.78 is 24.5. The highest BCUT2D eigenvalue weighted by atomic mass is 35.7. The molecular weight excluding hydrogens is 262 g/mol. The summed E-state index contributed by atoms with van der Waals surface area (Å²) in [5.41, 5.74) is 0. The Labute approximate surface area is 106 Å². The second-order valence-electron chi connectivity index (χ2n) is 4.91. The van der Waals surface area contributed by atoms with Crippen molar-refractivity contribution in [3.63, 3.8) is 0 Å². The van der Waals surface area contributed by atoms with Gasteiger partial charge in [0.1, 0.15) is 5.82 Å². The molecule has 0 aromatic carbocycles. The summed E-state index contributed by atoms with van der Waals surface area (Å²) in [6.45, 7) is 4.63. The minimum absolute atomic E-state index is 0.116. The van der Waals surface area contributed by atoms with E-state index in [4.69, 9.17) is 10.7 Å². The molecule has 7 heteroatoms. The third-order valence-electron chi connectivity index (χ3n) is 2.98. The van der Waals surface area contributed by atoms with Crippen molar-refractivity contribution in [3.8, 4) is 0 Å². The Morgan fingerprint density at radius 2 is 2.06 bits per heavy atom. The first kappa shape index (κ1) is 12.8. The third kappa shape index (κ3) is 2.63. The van der Waals surface area contributed by atoms with Crippen LogP contribution in [0.1, 0.15) is 44.9 Å². The van der Waals surface area contributed by atoms with Gasteiger partial charge in [-0.05, 0) is 18.8 Å². The number of hydrogen-bond acceptors (Lipinski definition) is 4. The molecule has 1 aliphatic carbocycles. The van der Waals surface area contributed by atoms with Crippen LogP contribution in [0.4, 0.5) is 0 Å². The maximum absolute atomic E-state index is 11.4. The van der Waals surface area contributed by atoms with Gasteiger partial charge < -0.3 is 4.57 Å². The summed E-state index contributed by atoms with van der Waals surface area (Å²) in [4.78, 5) is 0. The Morgan fingerprint density at radius 3 is 2.47 bits per heavy atom. The zero-order chi connectivity index (χ0) is 12.6. The Balaban J connectivity index is 2.43. The van der Waals surface area contributed by atoms with E-state index >= 15 is 0 Å². The van der Waals surface area contributed by atoms with Gasteiger partial charge in [0.2, 0.25) is 0 Å². The summed E-state index contributed by atoms with van der Waals surface area (Å²) in [5, 5.41) is 7.63. The summed E-state index contributed by atoms with van der Waals surface area (Å²) in [6, 6.07) is 0. The lowest BCUT2D eigenvalue weighted by atomic mass is 9.85. The molecule has 0 spiro atoms. The minimum Gasteiger partial charge on any atom is -0.300 e. The predicted molar refractivity (Wildman–Crippen MR) is 64.5 cm³/mol. The van der Waals surface area contributed by atoms with Gasteiger partial charge in [-0.2, -0.15) is 0 Å². The van der Waals surface area contributed by atoms with E-state index in [2.05, 4.69) is 10.2 Å². The molecule has 0 N–H and O–H groups in total. The fraction of sp³-hybridized carbons (Fsp3) is 0.800. The zero-order valence-corrected chi connectivity index (χ0v) is 11.5. The molecule has 0 radical (unpaired) electrons. The molecule has 5 nitrogen and oxygen atoms in total. The first-order valence-corrected chi connectivity index (χ1v) is 8.08. The van der Waals surface area contributed by atoms with E-state index in [1.54, 1.807) is 4.57 Å². The lowest BCUT2D eigenvalue weighted by Crippen LogP contribution is -2.19. The van der Waals surface area contributed by atoms with Crippen LogP contribution in [0.3, 0.4) is 0 Å². The second kappa shape index (κ2) is 4.57. The molecule has 0 unspecified atom stereocenters. The van der Waals surface area contributed by atoms with E-state index in [1.165, 1.54) is 6.42 Å². The van der Waals surface area contributed by atoms with Gasteiger partial charge >= 0.3 is 0 Å². The molecule has 0 saturated heterocycles. The number of aromatic nitrogens is 3. The van der Waals surface area contributed by atoms with Gasteiger partial charge in [-0.3, -0.25) is 0 Å². The van der Waals surface area contributed by atoms with Crippen LogP contribution in [0, 0.1) is 5.92 Å². The van der Waals surface area contributed by atoms with Gasteiger partial charge in [-0.15, -0.1) is 10.2 Å². The van der Waals surface area contributed by atoms with Crippen LogP contribution in [0.2, 0.25) is 0 Å². The van der Waals surface area contributed by atoms with Crippen LogP contribution in [-0.2, 0) is 15.6 Å². The molecule has 1 aromatic heterocycles. The molecule has 1 heterocycles. The van der Waals surface area contributed by atoms with Crippen LogP contribution in [-0.4, -0.2) is 23.2 Å². The number of halogens is 1. The van der Waals surface area contributed by atoms with Gasteiger partial charge in [0.15, 0.2) is 0 Å². The molecule has 2 rings (SSSR count). The van der Waals surface area contributed by atoms with Crippen LogP contribution >= 0.6 is 10.7 Å². The number of hydrogen-bond donors (Lipinski definition) is 0. The van der Waals surface area contributed by atoms with Gasteiger partial charge in [0.05, 0.1) is 0 Å². The highest BCUT2D eigenvalue weighted by molar-refractivity contribution is 8.13. The van der Waals surface area contributed by atoms with E-state index in [0.29, 0.717) is 18.4 Å². The quantitative estimate of drug-likeness (QED) is 0.791. The van der Waals surface area contributed by atoms with Crippen LogP contribution in [0.15, 0.2) is 5.16 Å². The van der Waals surface area contributed by atoms with Gasteiger partial charge in [0, 0.05) is 23.1 Å². The molecule has 0 amide bonds. The van der Waals surface area contributed by atoms with Gasteiger partial charge in [0.25, 0.3) is 14.2 Å². The van der Waals surface area contributed by atoms with Crippen LogP contribution in [0.25, 0.3) is 0 Å². The SMILES string of the molecule is CC(C)Cn1c(C2CCC2)nnc1S(=O)(=O)Cl. The van der Waals surface area contributed by atoms with Crippen molar-refractivity contribution in [2.45, 2.75) is 50.7 Å². The number of rotatable bonds is 4. The van der Waals surface area contributed by atoms with E-state index < -0.39 is 9.05 Å². The van der Waals surface area contributed by atoms with Crippen LogP contribution in [0.5, 0.6) is 0 Å². The lowest BCUT2D eigenvalue weighted by molar-refractivity contribution is 0.369. The largest absolute Gasteiger partial charge is 0.300 e. The van der Waals surface area contributed by atoms with Crippen molar-refractivity contribution in [1.82, 2.24) is 14.8 Å². The molecule has 0 aliphatic heterocycles. The van der Waals surface area contributed by atoms with Crippen molar-refractivity contribution in [2.24, 2.45) is 5.92 Å².